The molecule has 1 atom stereocenters. The zero-order valence-electron chi connectivity index (χ0n) is 20.0. The van der Waals surface area contributed by atoms with Gasteiger partial charge in [0, 0.05) is 34.8 Å². The predicted molar refractivity (Wildman–Crippen MR) is 134 cm³/mol. The van der Waals surface area contributed by atoms with Crippen molar-refractivity contribution in [3.63, 3.8) is 0 Å². The van der Waals surface area contributed by atoms with Gasteiger partial charge >= 0.3 is 6.03 Å². The van der Waals surface area contributed by atoms with E-state index in [-0.39, 0.29) is 23.5 Å². The summed E-state index contributed by atoms with van der Waals surface area (Å²) in [6.07, 6.45) is 2.29. The molecule has 3 N–H and O–H groups in total. The number of amides is 3. The van der Waals surface area contributed by atoms with Crippen molar-refractivity contribution < 1.29 is 14.0 Å². The van der Waals surface area contributed by atoms with Crippen LogP contribution in [0.2, 0.25) is 0 Å². The summed E-state index contributed by atoms with van der Waals surface area (Å²) in [4.78, 5) is 27.7. The van der Waals surface area contributed by atoms with Crippen LogP contribution in [0.1, 0.15) is 44.2 Å². The van der Waals surface area contributed by atoms with Crippen LogP contribution >= 0.6 is 0 Å². The lowest BCUT2D eigenvalue weighted by Crippen LogP contribution is -2.57. The summed E-state index contributed by atoms with van der Waals surface area (Å²) in [6.45, 7) is 9.00. The van der Waals surface area contributed by atoms with Crippen LogP contribution in [0.3, 0.4) is 0 Å². The fourth-order valence-corrected chi connectivity index (χ4v) is 5.04. The predicted octanol–water partition coefficient (Wildman–Crippen LogP) is 4.84. The minimum Gasteiger partial charge on any atom is -0.450 e. The van der Waals surface area contributed by atoms with Gasteiger partial charge < -0.3 is 25.3 Å². The summed E-state index contributed by atoms with van der Waals surface area (Å²) >= 11 is 0. The van der Waals surface area contributed by atoms with E-state index < -0.39 is 0 Å². The van der Waals surface area contributed by atoms with E-state index in [1.807, 2.05) is 69.3 Å². The molecule has 2 bridgehead atoms. The Labute approximate surface area is 199 Å². The highest BCUT2D eigenvalue weighted by atomic mass is 16.3. The first-order valence-electron chi connectivity index (χ1n) is 12.0. The van der Waals surface area contributed by atoms with Crippen molar-refractivity contribution in [2.24, 2.45) is 5.92 Å². The van der Waals surface area contributed by atoms with Gasteiger partial charge in [-0.05, 0) is 76.4 Å². The second-order valence-electron chi connectivity index (χ2n) is 10.5. The third kappa shape index (κ3) is 4.80. The number of fused-ring (bicyclic) bond motifs is 4. The Hall–Kier alpha value is -3.32. The molecule has 3 saturated heterocycles. The normalized spacial score (nSPS) is 21.9. The molecule has 7 nitrogen and oxygen atoms in total. The Balaban J connectivity index is 1.37. The highest BCUT2D eigenvalue weighted by Gasteiger charge is 2.35. The first-order valence-corrected chi connectivity index (χ1v) is 12.0. The van der Waals surface area contributed by atoms with E-state index in [1.54, 1.807) is 0 Å². The summed E-state index contributed by atoms with van der Waals surface area (Å²) in [6, 6.07) is 15.2. The fourth-order valence-electron chi connectivity index (χ4n) is 5.04. The van der Waals surface area contributed by atoms with Crippen LogP contribution in [0.15, 0.2) is 52.9 Å². The average Bonchev–Trinajstić information content (AvgIpc) is 3.23. The monoisotopic (exact) mass is 460 g/mol. The first kappa shape index (κ1) is 22.5. The molecule has 2 aromatic carbocycles. The largest absolute Gasteiger partial charge is 0.450 e. The molecule has 3 aliphatic rings. The number of nitrogens with one attached hydrogen (secondary N) is 3. The second kappa shape index (κ2) is 8.80. The summed E-state index contributed by atoms with van der Waals surface area (Å²) < 4.78 is 6.10. The molecule has 3 fully saturated rings. The average molecular weight is 461 g/mol. The zero-order valence-corrected chi connectivity index (χ0v) is 20.0. The van der Waals surface area contributed by atoms with Gasteiger partial charge in [0.1, 0.15) is 5.58 Å². The Morgan fingerprint density at radius 2 is 1.79 bits per heavy atom. The molecule has 0 radical (unpaired) electrons. The molecule has 3 aliphatic heterocycles. The van der Waals surface area contributed by atoms with Gasteiger partial charge in [-0.3, -0.25) is 4.79 Å². The third-order valence-corrected chi connectivity index (χ3v) is 6.66. The smallest absolute Gasteiger partial charge is 0.319 e. The molecule has 0 spiro atoms. The zero-order chi connectivity index (χ0) is 23.9. The minimum atomic E-state index is -0.326. The number of rotatable bonds is 4. The number of anilines is 1. The van der Waals surface area contributed by atoms with Crippen molar-refractivity contribution in [1.82, 2.24) is 15.5 Å². The van der Waals surface area contributed by atoms with Crippen LogP contribution in [0.4, 0.5) is 10.5 Å². The number of hydrogen-bond donors (Lipinski definition) is 3. The molecule has 0 saturated carbocycles. The van der Waals surface area contributed by atoms with Crippen LogP contribution < -0.4 is 16.0 Å². The van der Waals surface area contributed by atoms with E-state index in [4.69, 9.17) is 4.42 Å². The highest BCUT2D eigenvalue weighted by molar-refractivity contribution is 6.00. The Kier molecular flexibility index (Phi) is 5.81. The van der Waals surface area contributed by atoms with Crippen LogP contribution in [-0.2, 0) is 0 Å². The van der Waals surface area contributed by atoms with E-state index in [2.05, 4.69) is 20.9 Å². The van der Waals surface area contributed by atoms with Gasteiger partial charge in [-0.15, -0.1) is 0 Å². The van der Waals surface area contributed by atoms with Crippen LogP contribution in [-0.4, -0.2) is 48.1 Å². The van der Waals surface area contributed by atoms with Crippen molar-refractivity contribution in [1.29, 1.82) is 0 Å². The molecular formula is C27H32N4O3. The van der Waals surface area contributed by atoms with E-state index in [9.17, 15) is 9.59 Å². The van der Waals surface area contributed by atoms with Crippen LogP contribution in [0.25, 0.3) is 22.1 Å². The van der Waals surface area contributed by atoms with Crippen molar-refractivity contribution >= 4 is 28.6 Å². The van der Waals surface area contributed by atoms with Gasteiger partial charge in [-0.2, -0.15) is 0 Å². The Bertz CT molecular complexity index is 1220. The van der Waals surface area contributed by atoms with E-state index >= 15 is 0 Å². The van der Waals surface area contributed by atoms with Gasteiger partial charge in [0.15, 0.2) is 5.76 Å². The second-order valence-corrected chi connectivity index (χ2v) is 10.5. The first-order chi connectivity index (χ1) is 16.2. The molecule has 178 valence electrons. The summed E-state index contributed by atoms with van der Waals surface area (Å²) in [5.41, 5.74) is 2.80. The Morgan fingerprint density at radius 1 is 1.03 bits per heavy atom. The molecular weight excluding hydrogens is 428 g/mol. The maximum Gasteiger partial charge on any atom is 0.319 e. The van der Waals surface area contributed by atoms with Gasteiger partial charge in [-0.1, -0.05) is 30.3 Å². The molecule has 6 rings (SSSR count). The molecule has 1 unspecified atom stereocenters. The number of urea groups is 1. The third-order valence-electron chi connectivity index (χ3n) is 6.66. The number of carbonyl (C=O) groups is 2. The standard InChI is InChI=1S/C27H32N4O3/c1-27(2,3)30-26(33)28-20-8-4-6-18(14-20)21-9-5-7-19-15-23(34-24(19)21)25(32)29-22-16-31-12-10-17(22)11-13-31/h4-9,14-15,17,22H,10-13,16H2,1-3H3,(H,29,32)(H2,28,30,33). The molecule has 1 aromatic heterocycles. The number of furan rings is 1. The number of nitrogens with zero attached hydrogens (tertiary/aromatic N) is 1. The lowest BCUT2D eigenvalue weighted by molar-refractivity contribution is 0.0607. The van der Waals surface area contributed by atoms with Gasteiger partial charge in [0.25, 0.3) is 5.91 Å². The molecule has 7 heteroatoms. The quantitative estimate of drug-likeness (QED) is 0.520. The number of piperidine rings is 3. The number of carbonyl (C=O) groups excluding carboxylic acids is 2. The Morgan fingerprint density at radius 3 is 2.50 bits per heavy atom. The van der Waals surface area contributed by atoms with Crippen molar-refractivity contribution in [3.05, 3.63) is 54.3 Å². The number of hydrogen-bond acceptors (Lipinski definition) is 4. The fraction of sp³-hybridized carbons (Fsp3) is 0.407. The molecule has 0 aliphatic carbocycles. The molecule has 4 heterocycles. The van der Waals surface area contributed by atoms with Gasteiger partial charge in [0.2, 0.25) is 0 Å². The van der Waals surface area contributed by atoms with Gasteiger partial charge in [0.05, 0.1) is 0 Å². The van der Waals surface area contributed by atoms with Gasteiger partial charge in [-0.25, -0.2) is 4.79 Å². The lowest BCUT2D eigenvalue weighted by atomic mass is 9.84. The summed E-state index contributed by atoms with van der Waals surface area (Å²) in [5, 5.41) is 9.87. The van der Waals surface area contributed by atoms with E-state index in [0.717, 1.165) is 49.0 Å². The van der Waals surface area contributed by atoms with Crippen molar-refractivity contribution in [3.8, 4) is 11.1 Å². The van der Waals surface area contributed by atoms with E-state index in [1.165, 1.54) is 0 Å². The highest BCUT2D eigenvalue weighted by Crippen LogP contribution is 2.33. The van der Waals surface area contributed by atoms with Crippen molar-refractivity contribution in [2.45, 2.75) is 45.2 Å². The van der Waals surface area contributed by atoms with Crippen LogP contribution in [0, 0.1) is 5.92 Å². The summed E-state index contributed by atoms with van der Waals surface area (Å²) in [5.74, 6) is 0.729. The SMILES string of the molecule is CC(C)(C)NC(=O)Nc1cccc(-c2cccc3cc(C(=O)NC4CN5CCC4CC5)oc23)c1. The lowest BCUT2D eigenvalue weighted by Gasteiger charge is -2.44. The van der Waals surface area contributed by atoms with E-state index in [0.29, 0.717) is 22.9 Å². The minimum absolute atomic E-state index is 0.157. The topological polar surface area (TPSA) is 86.6 Å². The van der Waals surface area contributed by atoms with Crippen molar-refractivity contribution in [2.75, 3.05) is 25.0 Å². The molecule has 3 aromatic rings. The maximum atomic E-state index is 13.0. The number of benzene rings is 2. The number of para-hydroxylation sites is 1. The maximum absolute atomic E-state index is 13.0. The van der Waals surface area contributed by atoms with Crippen LogP contribution in [0.5, 0.6) is 0 Å². The molecule has 34 heavy (non-hydrogen) atoms. The summed E-state index contributed by atoms with van der Waals surface area (Å²) in [7, 11) is 0. The molecule has 3 amide bonds.